The normalized spacial score (nSPS) is 17.7. The van der Waals surface area contributed by atoms with Gasteiger partial charge < -0.3 is 10.1 Å². The number of nitroso groups, excluding NO2 is 1. The highest BCUT2D eigenvalue weighted by Crippen LogP contribution is 2.51. The van der Waals surface area contributed by atoms with Gasteiger partial charge in [-0.2, -0.15) is 4.91 Å². The molecule has 0 radical (unpaired) electrons. The van der Waals surface area contributed by atoms with Crippen LogP contribution in [0.5, 0.6) is 5.75 Å². The lowest BCUT2D eigenvalue weighted by molar-refractivity contribution is -0.119. The fourth-order valence-electron chi connectivity index (χ4n) is 2.70. The second-order valence-corrected chi connectivity index (χ2v) is 9.90. The van der Waals surface area contributed by atoms with Crippen molar-refractivity contribution in [3.8, 4) is 5.75 Å². The van der Waals surface area contributed by atoms with Crippen LogP contribution in [0.3, 0.4) is 0 Å². The minimum atomic E-state index is -1.07. The van der Waals surface area contributed by atoms with Crippen molar-refractivity contribution in [2.24, 2.45) is 5.18 Å². The summed E-state index contributed by atoms with van der Waals surface area (Å²) in [7, 11) is 0. The van der Waals surface area contributed by atoms with Gasteiger partial charge in [0, 0.05) is 22.1 Å². The first-order chi connectivity index (χ1) is 10.7. The molecule has 3 atom stereocenters. The van der Waals surface area contributed by atoms with E-state index in [0.717, 1.165) is 0 Å². The molecular weight excluding hydrogens is 526 g/mol. The van der Waals surface area contributed by atoms with Crippen LogP contribution in [0.4, 0.5) is 0 Å². The van der Waals surface area contributed by atoms with Gasteiger partial charge in [0.1, 0.15) is 21.0 Å². The summed E-state index contributed by atoms with van der Waals surface area (Å²) in [6.07, 6.45) is 1.96. The van der Waals surface area contributed by atoms with E-state index < -0.39 is 33.6 Å². The third-order valence-electron chi connectivity index (χ3n) is 4.12. The fraction of sp³-hybridized carbons (Fsp3) is 0.533. The topological polar surface area (TPSA) is 99.6 Å². The number of aromatic hydroxyl groups is 1. The van der Waals surface area contributed by atoms with Crippen molar-refractivity contribution in [1.82, 2.24) is 4.98 Å². The molecule has 0 saturated carbocycles. The maximum atomic E-state index is 12.6. The van der Waals surface area contributed by atoms with Gasteiger partial charge in [0.2, 0.25) is 0 Å². The van der Waals surface area contributed by atoms with Gasteiger partial charge in [-0.15, -0.1) is 20.7 Å². The summed E-state index contributed by atoms with van der Waals surface area (Å²) in [6.45, 7) is 4.94. The maximum Gasteiger partial charge on any atom is 0.180 e. The number of carbonyl (C=O) groups is 2. The van der Waals surface area contributed by atoms with E-state index in [9.17, 15) is 19.6 Å². The van der Waals surface area contributed by atoms with E-state index in [4.69, 9.17) is 0 Å². The average molecular weight is 546 g/mol. The molecule has 0 aliphatic rings. The van der Waals surface area contributed by atoms with E-state index >= 15 is 0 Å². The Hall–Kier alpha value is -0.650. The molecule has 0 aliphatic heterocycles. The van der Waals surface area contributed by atoms with E-state index in [2.05, 4.69) is 14.7 Å². The summed E-state index contributed by atoms with van der Waals surface area (Å²) < 4.78 is 2.28. The van der Waals surface area contributed by atoms with Crippen LogP contribution in [0.2, 0.25) is 0 Å². The highest BCUT2D eigenvalue weighted by Gasteiger charge is 2.56. The van der Waals surface area contributed by atoms with Crippen molar-refractivity contribution in [2.75, 3.05) is 0 Å². The molecule has 0 fully saturated rings. The third kappa shape index (κ3) is 3.72. The summed E-state index contributed by atoms with van der Waals surface area (Å²) in [4.78, 5) is 38.8. The number of rotatable bonds is 9. The van der Waals surface area contributed by atoms with E-state index in [1.165, 1.54) is 19.2 Å². The Balaban J connectivity index is 3.35. The maximum absolute atomic E-state index is 12.6. The Morgan fingerprint density at radius 1 is 1.57 bits per heavy atom. The minimum Gasteiger partial charge on any atom is -0.506 e. The van der Waals surface area contributed by atoms with Crippen molar-refractivity contribution in [1.29, 1.82) is 0 Å². The molecule has 1 aromatic rings. The van der Waals surface area contributed by atoms with Gasteiger partial charge in [0.15, 0.2) is 5.78 Å². The first kappa shape index (κ1) is 20.4. The van der Waals surface area contributed by atoms with Crippen LogP contribution < -0.4 is 0 Å². The van der Waals surface area contributed by atoms with Gasteiger partial charge in [0.05, 0.1) is 5.69 Å². The van der Waals surface area contributed by atoms with Crippen molar-refractivity contribution in [2.45, 2.75) is 46.5 Å². The molecule has 6 nitrogen and oxygen atoms in total. The van der Waals surface area contributed by atoms with Crippen LogP contribution in [0.15, 0.2) is 17.4 Å². The summed E-state index contributed by atoms with van der Waals surface area (Å²) in [5.41, 5.74) is 0.284. The second kappa shape index (κ2) is 7.95. The molecule has 0 aliphatic carbocycles. The number of aromatic amines is 1. The lowest BCUT2D eigenvalue weighted by Gasteiger charge is -2.43. The summed E-state index contributed by atoms with van der Waals surface area (Å²) in [5.74, 6) is -0.400. The lowest BCUT2D eigenvalue weighted by Crippen LogP contribution is -2.57. The smallest absolute Gasteiger partial charge is 0.180 e. The molecule has 0 unspecified atom stereocenters. The first-order valence-corrected chi connectivity index (χ1v) is 10.7. The number of nitrogens with zero attached hydrogens (tertiary/aromatic N) is 1. The number of H-pyrrole nitrogens is 1. The number of ketones is 2. The summed E-state index contributed by atoms with van der Waals surface area (Å²) >= 11 is 1.19. The van der Waals surface area contributed by atoms with Crippen molar-refractivity contribution < 1.29 is 14.7 Å². The molecule has 0 spiro atoms. The number of alkyl halides is 2. The molecule has 0 saturated heterocycles. The largest absolute Gasteiger partial charge is 0.506 e. The number of aromatic nitrogens is 1. The number of nitrogens with one attached hydrogen (secondary N) is 1. The zero-order valence-corrected chi connectivity index (χ0v) is 17.5. The molecule has 1 heterocycles. The standard InChI is InChI=1S/C15H20I2N2O4/c1-5-14(17-4,15(16,10(3)20)9(2)19-23)7-13(22)12-6-11(21)8-18-12/h6,8-9,18,21H,4-5,7H2,1-3H3/t9-,14+,15-/m1/s1. The molecule has 0 aromatic carbocycles. The van der Waals surface area contributed by atoms with Crippen LogP contribution in [0.1, 0.15) is 44.1 Å². The molecule has 8 heteroatoms. The Kier molecular flexibility index (Phi) is 7.05. The first-order valence-electron chi connectivity index (χ1n) is 7.01. The van der Waals surface area contributed by atoms with Crippen LogP contribution in [-0.4, -0.2) is 39.1 Å². The zero-order chi connectivity index (χ0) is 17.8. The SMILES string of the molecule is C=I[C@@](CC)(CC(=O)c1cc(O)c[nH]1)[C@](I)(C(C)=O)[C@@H](C)N=O. The zero-order valence-electron chi connectivity index (χ0n) is 13.2. The minimum absolute atomic E-state index is 0.0185. The molecule has 2 N–H and O–H groups in total. The predicted octanol–water partition coefficient (Wildman–Crippen LogP) is 3.76. The highest BCUT2D eigenvalue weighted by atomic mass is 127. The molecule has 128 valence electrons. The lowest BCUT2D eigenvalue weighted by atomic mass is 9.79. The Morgan fingerprint density at radius 2 is 2.17 bits per heavy atom. The van der Waals surface area contributed by atoms with Gasteiger partial charge in [-0.3, -0.25) is 9.59 Å². The molecule has 1 rings (SSSR count). The van der Waals surface area contributed by atoms with Gasteiger partial charge in [-0.25, -0.2) is 0 Å². The molecule has 0 bridgehead atoms. The van der Waals surface area contributed by atoms with E-state index in [-0.39, 0.29) is 29.4 Å². The molecule has 1 aromatic heterocycles. The fourth-order valence-corrected chi connectivity index (χ4v) is 6.89. The number of Topliss-reactive ketones (excluding diaryl/α,β-unsaturated/α-hetero) is 2. The van der Waals surface area contributed by atoms with Crippen molar-refractivity contribution in [3.63, 3.8) is 0 Å². The molecule has 0 amide bonds. The van der Waals surface area contributed by atoms with Crippen molar-refractivity contribution in [3.05, 3.63) is 22.9 Å². The Morgan fingerprint density at radius 3 is 2.52 bits per heavy atom. The number of carbonyl (C=O) groups excluding carboxylic acids is 2. The summed E-state index contributed by atoms with van der Waals surface area (Å²) in [6, 6.07) is 0.598. The Labute approximate surface area is 158 Å². The number of halogens is 2. The number of hydrogen-bond donors (Lipinski definition) is 2. The van der Waals surface area contributed by atoms with Crippen LogP contribution >= 0.6 is 43.3 Å². The van der Waals surface area contributed by atoms with Gasteiger partial charge >= 0.3 is 0 Å². The van der Waals surface area contributed by atoms with E-state index in [1.807, 2.05) is 29.5 Å². The van der Waals surface area contributed by atoms with E-state index in [0.29, 0.717) is 6.42 Å². The monoisotopic (exact) mass is 546 g/mol. The van der Waals surface area contributed by atoms with Gasteiger partial charge in [-0.05, 0) is 20.3 Å². The molecular formula is C15H20I2N2O4. The van der Waals surface area contributed by atoms with E-state index in [1.54, 1.807) is 6.92 Å². The average Bonchev–Trinajstić information content (AvgIpc) is 2.97. The third-order valence-corrected chi connectivity index (χ3v) is 11.3. The van der Waals surface area contributed by atoms with Crippen LogP contribution in [0.25, 0.3) is 0 Å². The number of hydrogen-bond acceptors (Lipinski definition) is 5. The predicted molar refractivity (Wildman–Crippen MR) is 108 cm³/mol. The van der Waals surface area contributed by atoms with Crippen LogP contribution in [-0.2, 0) is 4.79 Å². The van der Waals surface area contributed by atoms with Gasteiger partial charge in [-0.1, -0.05) is 39.2 Å². The quantitative estimate of drug-likeness (QED) is 0.213. The summed E-state index contributed by atoms with van der Waals surface area (Å²) in [5, 5.41) is 12.5. The van der Waals surface area contributed by atoms with Gasteiger partial charge in [0.25, 0.3) is 0 Å². The highest BCUT2D eigenvalue weighted by molar-refractivity contribution is 14.2. The van der Waals surface area contributed by atoms with Crippen LogP contribution in [0, 0.1) is 4.91 Å². The second-order valence-electron chi connectivity index (χ2n) is 5.37. The Bertz CT molecular complexity index is 631. The molecule has 23 heavy (non-hydrogen) atoms. The van der Waals surface area contributed by atoms with Crippen molar-refractivity contribution >= 4 is 59.4 Å².